The maximum atomic E-state index is 13.0. The summed E-state index contributed by atoms with van der Waals surface area (Å²) in [7, 11) is -3.71. The maximum Gasteiger partial charge on any atom is 0.347 e. The summed E-state index contributed by atoms with van der Waals surface area (Å²) in [5.41, 5.74) is 0. The van der Waals surface area contributed by atoms with E-state index in [1.807, 2.05) is 0 Å². The molecule has 0 saturated carbocycles. The minimum absolute atomic E-state index is 0.130. The van der Waals surface area contributed by atoms with Crippen LogP contribution in [-0.2, 0) is 29.1 Å². The molecule has 2 saturated heterocycles. The topological polar surface area (TPSA) is 108 Å². The van der Waals surface area contributed by atoms with Crippen molar-refractivity contribution in [2.45, 2.75) is 43.3 Å². The second-order valence-corrected chi connectivity index (χ2v) is 9.33. The molecule has 29 heavy (non-hydrogen) atoms. The van der Waals surface area contributed by atoms with Crippen LogP contribution in [0.25, 0.3) is 0 Å². The van der Waals surface area contributed by atoms with Crippen LogP contribution in [0.3, 0.4) is 0 Å². The van der Waals surface area contributed by atoms with Gasteiger partial charge in [-0.25, -0.2) is 13.2 Å². The Bertz CT molecular complexity index is 907. The first-order chi connectivity index (χ1) is 13.8. The van der Waals surface area contributed by atoms with Gasteiger partial charge in [0.25, 0.3) is 0 Å². The number of benzene rings is 1. The van der Waals surface area contributed by atoms with Crippen molar-refractivity contribution in [3.63, 3.8) is 0 Å². The highest BCUT2D eigenvalue weighted by Crippen LogP contribution is 2.34. The van der Waals surface area contributed by atoms with Gasteiger partial charge in [0.2, 0.25) is 16.1 Å². The molecule has 0 unspecified atom stereocenters. The number of sulfonamides is 1. The molecule has 3 aliphatic rings. The number of carbonyl (C=O) groups excluding carboxylic acids is 2. The third-order valence-corrected chi connectivity index (χ3v) is 7.22. The number of fused-ring (bicyclic) bond motifs is 1. The lowest BCUT2D eigenvalue weighted by Crippen LogP contribution is -2.41. The normalized spacial score (nSPS) is 25.5. The van der Waals surface area contributed by atoms with Crippen LogP contribution in [0.15, 0.2) is 23.1 Å². The van der Waals surface area contributed by atoms with Crippen LogP contribution in [0.1, 0.15) is 26.2 Å². The Labute approximate surface area is 168 Å². The lowest BCUT2D eigenvalue weighted by atomic mass is 9.98. The standard InChI is InChI=1S/C19H23NO8S/c1-12-10-17(19(22)27-12)28-18(21)13-4-6-20(7-5-13)29(23,24)14-2-3-15-16(11-14)26-9-8-25-15/h2-3,11-13,17H,4-10H2,1H3/t12-,17-/m1/s1. The molecule has 0 spiro atoms. The van der Waals surface area contributed by atoms with E-state index in [1.165, 1.54) is 16.4 Å². The van der Waals surface area contributed by atoms with Gasteiger partial charge in [0.05, 0.1) is 10.8 Å². The lowest BCUT2D eigenvalue weighted by Gasteiger charge is -2.30. The minimum atomic E-state index is -3.71. The van der Waals surface area contributed by atoms with Crippen molar-refractivity contribution in [1.29, 1.82) is 0 Å². The van der Waals surface area contributed by atoms with E-state index >= 15 is 0 Å². The molecule has 2 fully saturated rings. The molecular weight excluding hydrogens is 402 g/mol. The van der Waals surface area contributed by atoms with Gasteiger partial charge in [-0.1, -0.05) is 0 Å². The summed E-state index contributed by atoms with van der Waals surface area (Å²) < 4.78 is 48.4. The fourth-order valence-corrected chi connectivity index (χ4v) is 5.20. The first-order valence-electron chi connectivity index (χ1n) is 9.65. The third kappa shape index (κ3) is 4.04. The molecule has 0 radical (unpaired) electrons. The van der Waals surface area contributed by atoms with Gasteiger partial charge < -0.3 is 18.9 Å². The van der Waals surface area contributed by atoms with Crippen LogP contribution in [0, 0.1) is 5.92 Å². The zero-order valence-corrected chi connectivity index (χ0v) is 16.9. The van der Waals surface area contributed by atoms with Crippen LogP contribution >= 0.6 is 0 Å². The molecule has 3 aliphatic heterocycles. The first kappa shape index (κ1) is 20.0. The van der Waals surface area contributed by atoms with Gasteiger partial charge in [-0.15, -0.1) is 0 Å². The van der Waals surface area contributed by atoms with Gasteiger partial charge >= 0.3 is 11.9 Å². The van der Waals surface area contributed by atoms with Crippen LogP contribution in [0.2, 0.25) is 0 Å². The van der Waals surface area contributed by atoms with E-state index in [1.54, 1.807) is 13.0 Å². The number of esters is 2. The van der Waals surface area contributed by atoms with Gasteiger partial charge in [-0.05, 0) is 31.9 Å². The Hall–Kier alpha value is -2.33. The molecule has 10 heteroatoms. The quantitative estimate of drug-likeness (QED) is 0.660. The number of ether oxygens (including phenoxy) is 4. The van der Waals surface area contributed by atoms with E-state index in [2.05, 4.69) is 0 Å². The molecule has 0 bridgehead atoms. The van der Waals surface area contributed by atoms with Crippen molar-refractivity contribution >= 4 is 22.0 Å². The summed E-state index contributed by atoms with van der Waals surface area (Å²) in [4.78, 5) is 24.1. The zero-order valence-electron chi connectivity index (χ0n) is 16.0. The lowest BCUT2D eigenvalue weighted by molar-refractivity contribution is -0.164. The van der Waals surface area contributed by atoms with E-state index < -0.39 is 34.0 Å². The van der Waals surface area contributed by atoms with E-state index in [9.17, 15) is 18.0 Å². The van der Waals surface area contributed by atoms with Crippen LogP contribution in [-0.4, -0.2) is 63.2 Å². The Kier molecular flexibility index (Phi) is 5.39. The van der Waals surface area contributed by atoms with Crippen LogP contribution < -0.4 is 9.47 Å². The van der Waals surface area contributed by atoms with Gasteiger partial charge in [0.1, 0.15) is 19.3 Å². The van der Waals surface area contributed by atoms with Gasteiger partial charge in [0, 0.05) is 25.6 Å². The monoisotopic (exact) mass is 425 g/mol. The Morgan fingerprint density at radius 2 is 1.83 bits per heavy atom. The van der Waals surface area contributed by atoms with Gasteiger partial charge in [0.15, 0.2) is 11.5 Å². The van der Waals surface area contributed by atoms with Gasteiger partial charge in [-0.3, -0.25) is 4.79 Å². The van der Waals surface area contributed by atoms with Crippen molar-refractivity contribution in [3.05, 3.63) is 18.2 Å². The number of carbonyl (C=O) groups is 2. The molecule has 1 aromatic carbocycles. The summed E-state index contributed by atoms with van der Waals surface area (Å²) in [5.74, 6) is -0.503. The molecule has 1 aromatic rings. The van der Waals surface area contributed by atoms with Crippen LogP contribution in [0.4, 0.5) is 0 Å². The largest absolute Gasteiger partial charge is 0.486 e. The molecule has 2 atom stereocenters. The maximum absolute atomic E-state index is 13.0. The summed E-state index contributed by atoms with van der Waals surface area (Å²) >= 11 is 0. The minimum Gasteiger partial charge on any atom is -0.486 e. The average molecular weight is 425 g/mol. The van der Waals surface area contributed by atoms with Crippen molar-refractivity contribution in [3.8, 4) is 11.5 Å². The molecule has 0 N–H and O–H groups in total. The molecular formula is C19H23NO8S. The van der Waals surface area contributed by atoms with Crippen molar-refractivity contribution in [1.82, 2.24) is 4.31 Å². The molecule has 9 nitrogen and oxygen atoms in total. The van der Waals surface area contributed by atoms with E-state index in [-0.39, 0.29) is 24.1 Å². The molecule has 0 aliphatic carbocycles. The third-order valence-electron chi connectivity index (χ3n) is 5.32. The van der Waals surface area contributed by atoms with Crippen molar-refractivity contribution in [2.75, 3.05) is 26.3 Å². The molecule has 3 heterocycles. The highest BCUT2D eigenvalue weighted by atomic mass is 32.2. The molecule has 4 rings (SSSR count). The fraction of sp³-hybridized carbons (Fsp3) is 0.579. The Morgan fingerprint density at radius 3 is 2.48 bits per heavy atom. The zero-order chi connectivity index (χ0) is 20.6. The van der Waals surface area contributed by atoms with Crippen molar-refractivity contribution in [2.24, 2.45) is 5.92 Å². The van der Waals surface area contributed by atoms with Gasteiger partial charge in [-0.2, -0.15) is 4.31 Å². The number of nitrogens with zero attached hydrogens (tertiary/aromatic N) is 1. The summed E-state index contributed by atoms with van der Waals surface area (Å²) in [5, 5.41) is 0. The highest BCUT2D eigenvalue weighted by molar-refractivity contribution is 7.89. The first-order valence-corrected chi connectivity index (χ1v) is 11.1. The SMILES string of the molecule is C[C@@H]1C[C@@H](OC(=O)C2CCN(S(=O)(=O)c3ccc4c(c3)OCCO4)CC2)C(=O)O1. The summed E-state index contributed by atoms with van der Waals surface area (Å²) in [6.45, 7) is 2.94. The van der Waals surface area contributed by atoms with Crippen LogP contribution in [0.5, 0.6) is 11.5 Å². The summed E-state index contributed by atoms with van der Waals surface area (Å²) in [6.07, 6.45) is -0.114. The number of piperidine rings is 1. The summed E-state index contributed by atoms with van der Waals surface area (Å²) in [6, 6.07) is 4.56. The predicted octanol–water partition coefficient (Wildman–Crippen LogP) is 1.11. The van der Waals surface area contributed by atoms with E-state index in [0.717, 1.165) is 0 Å². The Balaban J connectivity index is 1.37. The molecule has 0 amide bonds. The average Bonchev–Trinajstić information content (AvgIpc) is 3.04. The second-order valence-electron chi connectivity index (χ2n) is 7.39. The van der Waals surface area contributed by atoms with Crippen molar-refractivity contribution < 1.29 is 37.0 Å². The molecule has 158 valence electrons. The Morgan fingerprint density at radius 1 is 1.14 bits per heavy atom. The number of cyclic esters (lactones) is 1. The highest BCUT2D eigenvalue weighted by Gasteiger charge is 2.38. The fourth-order valence-electron chi connectivity index (χ4n) is 3.72. The molecule has 0 aromatic heterocycles. The number of hydrogen-bond acceptors (Lipinski definition) is 8. The van der Waals surface area contributed by atoms with E-state index in [0.29, 0.717) is 44.0 Å². The predicted molar refractivity (Wildman–Crippen MR) is 99.0 cm³/mol. The number of hydrogen-bond donors (Lipinski definition) is 0. The second kappa shape index (κ2) is 7.83. The van der Waals surface area contributed by atoms with E-state index in [4.69, 9.17) is 18.9 Å². The number of rotatable bonds is 4. The smallest absolute Gasteiger partial charge is 0.347 e.